The maximum Gasteiger partial charge on any atom is 0.275 e. The molecule has 3 aromatic rings. The monoisotopic (exact) mass is 384 g/mol. The van der Waals surface area contributed by atoms with Gasteiger partial charge in [0.25, 0.3) is 5.91 Å². The van der Waals surface area contributed by atoms with Crippen molar-refractivity contribution in [1.82, 2.24) is 10.3 Å². The molecule has 2 heterocycles. The zero-order valence-corrected chi connectivity index (χ0v) is 15.9. The molecule has 6 heteroatoms. The van der Waals surface area contributed by atoms with Gasteiger partial charge in [-0.2, -0.15) is 0 Å². The molecule has 2 aromatic carbocycles. The molecule has 1 aliphatic heterocycles. The molecule has 2 N–H and O–H groups in total. The number of para-hydroxylation sites is 1. The number of hydrogen-bond donors (Lipinski definition) is 2. The molecule has 0 radical (unpaired) electrons. The Labute approximate surface area is 162 Å². The molecule has 4 nitrogen and oxygen atoms in total. The Morgan fingerprint density at radius 1 is 1.15 bits per heavy atom. The predicted molar refractivity (Wildman–Crippen MR) is 105 cm³/mol. The van der Waals surface area contributed by atoms with E-state index in [2.05, 4.69) is 23.5 Å². The number of hydrogen-bond acceptors (Lipinski definition) is 3. The van der Waals surface area contributed by atoms with Crippen molar-refractivity contribution in [3.05, 3.63) is 64.9 Å². The lowest BCUT2D eigenvalue weighted by atomic mass is 9.97. The summed E-state index contributed by atoms with van der Waals surface area (Å²) in [7, 11) is 0. The summed E-state index contributed by atoms with van der Waals surface area (Å²) in [5.41, 5.74) is 1.61. The van der Waals surface area contributed by atoms with Crippen molar-refractivity contribution in [2.45, 2.75) is 25.3 Å². The van der Waals surface area contributed by atoms with E-state index in [0.29, 0.717) is 18.0 Å². The summed E-state index contributed by atoms with van der Waals surface area (Å²) in [6.45, 7) is 2.62. The van der Waals surface area contributed by atoms with E-state index in [1.807, 2.05) is 6.07 Å². The summed E-state index contributed by atoms with van der Waals surface area (Å²) in [5, 5.41) is 4.06. The number of aromatic nitrogens is 1. The van der Waals surface area contributed by atoms with Crippen molar-refractivity contribution >= 4 is 27.5 Å². The van der Waals surface area contributed by atoms with Gasteiger partial charge in [-0.05, 0) is 18.2 Å². The topological polar surface area (TPSA) is 46.4 Å². The average molecular weight is 385 g/mol. The van der Waals surface area contributed by atoms with Crippen molar-refractivity contribution in [3.63, 3.8) is 0 Å². The van der Waals surface area contributed by atoms with Crippen LogP contribution in [0.4, 0.5) is 4.39 Å². The molecule has 1 amide bonds. The Kier molecular flexibility index (Phi) is 5.45. The fourth-order valence-electron chi connectivity index (χ4n) is 3.64. The Bertz CT molecular complexity index is 901. The Balaban J connectivity index is 1.26. The predicted octanol–water partition coefficient (Wildman–Crippen LogP) is 2.51. The highest BCUT2D eigenvalue weighted by molar-refractivity contribution is 7.18. The van der Waals surface area contributed by atoms with Crippen LogP contribution < -0.4 is 10.2 Å². The molecule has 27 heavy (non-hydrogen) atoms. The fraction of sp³-hybridized carbons (Fsp3) is 0.333. The lowest BCUT2D eigenvalue weighted by Gasteiger charge is -2.27. The van der Waals surface area contributed by atoms with Crippen LogP contribution in [0.2, 0.25) is 0 Å². The van der Waals surface area contributed by atoms with E-state index < -0.39 is 0 Å². The van der Waals surface area contributed by atoms with E-state index >= 15 is 0 Å². The number of fused-ring (bicyclic) bond motifs is 1. The molecule has 0 spiro atoms. The van der Waals surface area contributed by atoms with E-state index in [-0.39, 0.29) is 18.3 Å². The zero-order valence-electron chi connectivity index (χ0n) is 15.1. The zero-order chi connectivity index (χ0) is 18.6. The van der Waals surface area contributed by atoms with Crippen LogP contribution in [0.1, 0.15) is 29.3 Å². The molecule has 1 aromatic heterocycles. The van der Waals surface area contributed by atoms with Crippen molar-refractivity contribution < 1.29 is 14.1 Å². The van der Waals surface area contributed by atoms with E-state index in [0.717, 1.165) is 31.4 Å². The van der Waals surface area contributed by atoms with Gasteiger partial charge in [0.2, 0.25) is 0 Å². The minimum atomic E-state index is -0.276. The molecule has 0 unspecified atom stereocenters. The lowest BCUT2D eigenvalue weighted by Crippen LogP contribution is -3.14. The summed E-state index contributed by atoms with van der Waals surface area (Å²) in [6, 6.07) is 14.8. The normalized spacial score (nSPS) is 19.9. The molecule has 4 rings (SSSR count). The quantitative estimate of drug-likeness (QED) is 0.710. The van der Waals surface area contributed by atoms with Gasteiger partial charge in [-0.1, -0.05) is 30.3 Å². The van der Waals surface area contributed by atoms with Gasteiger partial charge in [-0.3, -0.25) is 4.79 Å². The van der Waals surface area contributed by atoms with Crippen molar-refractivity contribution in [1.29, 1.82) is 0 Å². The molecule has 0 saturated carbocycles. The maximum absolute atomic E-state index is 13.6. The highest BCUT2D eigenvalue weighted by Gasteiger charge is 2.27. The number of nitrogens with one attached hydrogen (secondary N) is 2. The number of benzene rings is 2. The van der Waals surface area contributed by atoms with Gasteiger partial charge in [-0.15, -0.1) is 11.3 Å². The molecule has 1 aliphatic rings. The summed E-state index contributed by atoms with van der Waals surface area (Å²) in [6.07, 6.45) is 2.10. The van der Waals surface area contributed by atoms with Gasteiger partial charge in [0.05, 0.1) is 28.3 Å². The number of rotatable bonds is 5. The Hall–Kier alpha value is -2.31. The molecule has 0 atom stereocenters. The summed E-state index contributed by atoms with van der Waals surface area (Å²) >= 11 is 1.79. The number of amides is 1. The highest BCUT2D eigenvalue weighted by atomic mass is 32.1. The summed E-state index contributed by atoms with van der Waals surface area (Å²) in [4.78, 5) is 18.3. The van der Waals surface area contributed by atoms with Crippen LogP contribution in [0.5, 0.6) is 0 Å². The second kappa shape index (κ2) is 8.15. The number of carbonyl (C=O) groups excluding carboxylic acids is 1. The molecule has 1 fully saturated rings. The lowest BCUT2D eigenvalue weighted by molar-refractivity contribution is -0.897. The van der Waals surface area contributed by atoms with Crippen LogP contribution in [-0.4, -0.2) is 30.5 Å². The summed E-state index contributed by atoms with van der Waals surface area (Å²) in [5.74, 6) is 0.195. The minimum absolute atomic E-state index is 0.0216. The molecule has 1 saturated heterocycles. The highest BCUT2D eigenvalue weighted by Crippen LogP contribution is 2.31. The Morgan fingerprint density at radius 2 is 1.89 bits per heavy atom. The first-order chi connectivity index (χ1) is 13.2. The summed E-state index contributed by atoms with van der Waals surface area (Å²) < 4.78 is 14.9. The number of halogens is 1. The van der Waals surface area contributed by atoms with Gasteiger partial charge in [0.15, 0.2) is 6.54 Å². The Morgan fingerprint density at radius 3 is 2.67 bits per heavy atom. The van der Waals surface area contributed by atoms with Crippen molar-refractivity contribution in [2.75, 3.05) is 19.6 Å². The first kappa shape index (κ1) is 18.1. The van der Waals surface area contributed by atoms with Crippen LogP contribution in [0.25, 0.3) is 10.2 Å². The second-order valence-corrected chi connectivity index (χ2v) is 8.15. The molecule has 140 valence electrons. The number of likely N-dealkylation sites (tertiary alicyclic amines) is 1. The van der Waals surface area contributed by atoms with E-state index in [1.165, 1.54) is 20.7 Å². The minimum Gasteiger partial charge on any atom is -0.347 e. The smallest absolute Gasteiger partial charge is 0.275 e. The standard InChI is InChI=1S/C21H22FN3OS/c22-17-6-2-1-5-16(17)13-23-20(26)14-25-11-9-15(10-12-25)21-24-18-7-3-4-8-19(18)27-21/h1-8,15H,9-14H2,(H,23,26)/p+1. The average Bonchev–Trinajstić information content (AvgIpc) is 3.12. The van der Waals surface area contributed by atoms with E-state index in [1.54, 1.807) is 29.5 Å². The maximum atomic E-state index is 13.6. The van der Waals surface area contributed by atoms with Crippen molar-refractivity contribution in [3.8, 4) is 0 Å². The first-order valence-electron chi connectivity index (χ1n) is 9.38. The first-order valence-corrected chi connectivity index (χ1v) is 10.2. The third-order valence-electron chi connectivity index (χ3n) is 5.20. The third-order valence-corrected chi connectivity index (χ3v) is 6.40. The molecular formula is C21H23FN3OS+. The number of quaternary nitrogens is 1. The van der Waals surface area contributed by atoms with Gasteiger partial charge in [0, 0.05) is 30.9 Å². The number of thiazole rings is 1. The number of nitrogens with zero attached hydrogens (tertiary/aromatic N) is 1. The van der Waals surface area contributed by atoms with E-state index in [9.17, 15) is 9.18 Å². The van der Waals surface area contributed by atoms with Gasteiger partial charge in [0.1, 0.15) is 5.82 Å². The molecule has 0 bridgehead atoms. The largest absolute Gasteiger partial charge is 0.347 e. The third kappa shape index (κ3) is 4.34. The van der Waals surface area contributed by atoms with Gasteiger partial charge >= 0.3 is 0 Å². The van der Waals surface area contributed by atoms with Crippen LogP contribution in [-0.2, 0) is 11.3 Å². The molecule has 0 aliphatic carbocycles. The van der Waals surface area contributed by atoms with Crippen LogP contribution >= 0.6 is 11.3 Å². The second-order valence-electron chi connectivity index (χ2n) is 7.09. The van der Waals surface area contributed by atoms with Crippen LogP contribution in [0.3, 0.4) is 0 Å². The number of carbonyl (C=O) groups is 1. The number of piperidine rings is 1. The van der Waals surface area contributed by atoms with Crippen molar-refractivity contribution in [2.24, 2.45) is 0 Å². The van der Waals surface area contributed by atoms with Crippen LogP contribution in [0, 0.1) is 5.82 Å². The molecular weight excluding hydrogens is 361 g/mol. The van der Waals surface area contributed by atoms with Gasteiger partial charge < -0.3 is 10.2 Å². The fourth-order valence-corrected chi connectivity index (χ4v) is 4.78. The van der Waals surface area contributed by atoms with E-state index in [4.69, 9.17) is 4.98 Å². The SMILES string of the molecule is O=C(C[NH+]1CCC(c2nc3ccccc3s2)CC1)NCc1ccccc1F. The van der Waals surface area contributed by atoms with Gasteiger partial charge in [-0.25, -0.2) is 9.37 Å². The van der Waals surface area contributed by atoms with Crippen LogP contribution in [0.15, 0.2) is 48.5 Å².